The molecule has 0 spiro atoms. The van der Waals surface area contributed by atoms with E-state index < -0.39 is 5.41 Å². The fourth-order valence-electron chi connectivity index (χ4n) is 3.20. The lowest BCUT2D eigenvalue weighted by atomic mass is 9.73. The van der Waals surface area contributed by atoms with E-state index in [0.717, 1.165) is 5.56 Å². The van der Waals surface area contributed by atoms with E-state index >= 15 is 0 Å². The van der Waals surface area contributed by atoms with Gasteiger partial charge in [-0.2, -0.15) is 0 Å². The molecule has 3 N–H and O–H groups in total. The van der Waals surface area contributed by atoms with E-state index in [1.165, 1.54) is 12.1 Å². The molecule has 26 heavy (non-hydrogen) atoms. The van der Waals surface area contributed by atoms with E-state index in [0.29, 0.717) is 50.6 Å². The molecule has 138 valence electrons. The molecule has 5 nitrogen and oxygen atoms in total. The number of ether oxygens (including phenoxy) is 2. The molecule has 2 aromatic carbocycles. The summed E-state index contributed by atoms with van der Waals surface area (Å²) in [7, 11) is 0. The summed E-state index contributed by atoms with van der Waals surface area (Å²) in [6, 6.07) is 13.3. The molecule has 0 saturated carbocycles. The minimum absolute atomic E-state index is 0.108. The Morgan fingerprint density at radius 3 is 2.38 bits per heavy atom. The van der Waals surface area contributed by atoms with Crippen molar-refractivity contribution in [1.82, 2.24) is 0 Å². The average Bonchev–Trinajstić information content (AvgIpc) is 2.68. The molecule has 1 aliphatic rings. The van der Waals surface area contributed by atoms with Crippen molar-refractivity contribution in [2.75, 3.05) is 31.7 Å². The van der Waals surface area contributed by atoms with Crippen LogP contribution >= 0.6 is 0 Å². The average molecular weight is 358 g/mol. The van der Waals surface area contributed by atoms with Crippen LogP contribution in [0.5, 0.6) is 5.75 Å². The maximum Gasteiger partial charge on any atom is 0.235 e. The zero-order valence-electron chi connectivity index (χ0n) is 14.5. The standard InChI is InChI=1S/C20H23FN2O3/c21-16-3-1-15(2-4-16)20(9-12-25-13-10-20)19(24)23-17-5-7-18(8-6-17)26-14-11-22/h1-8H,9-14,22H2,(H,23,24). The van der Waals surface area contributed by atoms with Crippen molar-refractivity contribution in [3.8, 4) is 5.75 Å². The highest BCUT2D eigenvalue weighted by Gasteiger charge is 2.41. The zero-order valence-corrected chi connectivity index (χ0v) is 14.5. The summed E-state index contributed by atoms with van der Waals surface area (Å²) in [6.07, 6.45) is 1.12. The summed E-state index contributed by atoms with van der Waals surface area (Å²) in [5, 5.41) is 2.98. The van der Waals surface area contributed by atoms with E-state index in [2.05, 4.69) is 5.32 Å². The molecule has 6 heteroatoms. The Labute approximate surface area is 152 Å². The Kier molecular flexibility index (Phi) is 5.85. The second-order valence-corrected chi connectivity index (χ2v) is 6.32. The number of hydrogen-bond donors (Lipinski definition) is 2. The molecule has 3 rings (SSSR count). The molecule has 0 unspecified atom stereocenters. The molecule has 1 heterocycles. The molecule has 1 fully saturated rings. The Hall–Kier alpha value is -2.44. The van der Waals surface area contributed by atoms with Crippen molar-refractivity contribution in [2.45, 2.75) is 18.3 Å². The van der Waals surface area contributed by atoms with Gasteiger partial charge in [0.05, 0.1) is 5.41 Å². The van der Waals surface area contributed by atoms with Gasteiger partial charge in [0, 0.05) is 25.4 Å². The van der Waals surface area contributed by atoms with Gasteiger partial charge in [-0.1, -0.05) is 12.1 Å². The number of benzene rings is 2. The van der Waals surface area contributed by atoms with Crippen molar-refractivity contribution in [1.29, 1.82) is 0 Å². The highest BCUT2D eigenvalue weighted by molar-refractivity contribution is 5.99. The van der Waals surface area contributed by atoms with Crippen LogP contribution in [0.3, 0.4) is 0 Å². The molecule has 1 saturated heterocycles. The molecule has 1 aliphatic heterocycles. The fourth-order valence-corrected chi connectivity index (χ4v) is 3.20. The highest BCUT2D eigenvalue weighted by Crippen LogP contribution is 2.36. The van der Waals surface area contributed by atoms with E-state index in [4.69, 9.17) is 15.2 Å². The van der Waals surface area contributed by atoms with Crippen LogP contribution < -0.4 is 15.8 Å². The number of carbonyl (C=O) groups is 1. The maximum absolute atomic E-state index is 13.3. The van der Waals surface area contributed by atoms with Crippen molar-refractivity contribution in [3.63, 3.8) is 0 Å². The molecule has 0 radical (unpaired) electrons. The lowest BCUT2D eigenvalue weighted by Crippen LogP contribution is -2.44. The van der Waals surface area contributed by atoms with Crippen LogP contribution in [0.1, 0.15) is 18.4 Å². The minimum Gasteiger partial charge on any atom is -0.492 e. The number of carbonyl (C=O) groups excluding carboxylic acids is 1. The van der Waals surface area contributed by atoms with Crippen LogP contribution in [0, 0.1) is 5.82 Å². The van der Waals surface area contributed by atoms with Crippen LogP contribution in [0.4, 0.5) is 10.1 Å². The van der Waals surface area contributed by atoms with Crippen LogP contribution in [0.15, 0.2) is 48.5 Å². The lowest BCUT2D eigenvalue weighted by Gasteiger charge is -2.36. The second-order valence-electron chi connectivity index (χ2n) is 6.32. The lowest BCUT2D eigenvalue weighted by molar-refractivity contribution is -0.125. The summed E-state index contributed by atoms with van der Waals surface area (Å²) in [5.41, 5.74) is 6.19. The van der Waals surface area contributed by atoms with Gasteiger partial charge in [-0.3, -0.25) is 4.79 Å². The summed E-state index contributed by atoms with van der Waals surface area (Å²) >= 11 is 0. The van der Waals surface area contributed by atoms with Gasteiger partial charge in [-0.25, -0.2) is 4.39 Å². The molecule has 0 bridgehead atoms. The first-order valence-electron chi connectivity index (χ1n) is 8.72. The third-order valence-electron chi connectivity index (χ3n) is 4.68. The number of hydrogen-bond acceptors (Lipinski definition) is 4. The fraction of sp³-hybridized carbons (Fsp3) is 0.350. The first kappa shape index (κ1) is 18.4. The van der Waals surface area contributed by atoms with Gasteiger partial charge in [-0.15, -0.1) is 0 Å². The molecule has 2 aromatic rings. The zero-order chi connectivity index (χ0) is 18.4. The van der Waals surface area contributed by atoms with Gasteiger partial charge >= 0.3 is 0 Å². The van der Waals surface area contributed by atoms with E-state index in [1.54, 1.807) is 36.4 Å². The number of nitrogens with one attached hydrogen (secondary N) is 1. The van der Waals surface area contributed by atoms with Gasteiger partial charge in [0.15, 0.2) is 0 Å². The van der Waals surface area contributed by atoms with E-state index in [1.807, 2.05) is 0 Å². The molecule has 0 aromatic heterocycles. The molecule has 1 amide bonds. The van der Waals surface area contributed by atoms with Crippen LogP contribution in [0.2, 0.25) is 0 Å². The van der Waals surface area contributed by atoms with Gasteiger partial charge in [0.1, 0.15) is 18.2 Å². The van der Waals surface area contributed by atoms with Gasteiger partial charge in [0.2, 0.25) is 5.91 Å². The first-order chi connectivity index (χ1) is 12.6. The SMILES string of the molecule is NCCOc1ccc(NC(=O)C2(c3ccc(F)cc3)CCOCC2)cc1. The van der Waals surface area contributed by atoms with Crippen molar-refractivity contribution >= 4 is 11.6 Å². The third-order valence-corrected chi connectivity index (χ3v) is 4.68. The summed E-state index contributed by atoms with van der Waals surface area (Å²) in [5.74, 6) is 0.278. The first-order valence-corrected chi connectivity index (χ1v) is 8.72. The number of anilines is 1. The third kappa shape index (κ3) is 4.03. The van der Waals surface area contributed by atoms with Gasteiger partial charge in [0.25, 0.3) is 0 Å². The normalized spacial score (nSPS) is 16.1. The Bertz CT molecular complexity index is 726. The Morgan fingerprint density at radius 2 is 1.77 bits per heavy atom. The maximum atomic E-state index is 13.3. The number of halogens is 1. The van der Waals surface area contributed by atoms with Crippen LogP contribution in [-0.2, 0) is 14.9 Å². The number of amides is 1. The van der Waals surface area contributed by atoms with Crippen LogP contribution in [0.25, 0.3) is 0 Å². The van der Waals surface area contributed by atoms with E-state index in [9.17, 15) is 9.18 Å². The highest BCUT2D eigenvalue weighted by atomic mass is 19.1. The van der Waals surface area contributed by atoms with E-state index in [-0.39, 0.29) is 11.7 Å². The summed E-state index contributed by atoms with van der Waals surface area (Å²) < 4.78 is 24.2. The topological polar surface area (TPSA) is 73.6 Å². The summed E-state index contributed by atoms with van der Waals surface area (Å²) in [6.45, 7) is 1.88. The molecule has 0 atom stereocenters. The molecular formula is C20H23FN2O3. The summed E-state index contributed by atoms with van der Waals surface area (Å²) in [4.78, 5) is 13.1. The van der Waals surface area contributed by atoms with Crippen molar-refractivity contribution in [2.24, 2.45) is 5.73 Å². The predicted octanol–water partition coefficient (Wildman–Crippen LogP) is 2.85. The van der Waals surface area contributed by atoms with Crippen molar-refractivity contribution < 1.29 is 18.7 Å². The molecular weight excluding hydrogens is 335 g/mol. The smallest absolute Gasteiger partial charge is 0.235 e. The Balaban J connectivity index is 1.78. The number of rotatable bonds is 6. The quantitative estimate of drug-likeness (QED) is 0.833. The Morgan fingerprint density at radius 1 is 1.12 bits per heavy atom. The van der Waals surface area contributed by atoms with Crippen molar-refractivity contribution in [3.05, 3.63) is 59.9 Å². The largest absolute Gasteiger partial charge is 0.492 e. The predicted molar refractivity (Wildman–Crippen MR) is 97.8 cm³/mol. The monoisotopic (exact) mass is 358 g/mol. The minimum atomic E-state index is -0.722. The second kappa shape index (κ2) is 8.29. The van der Waals surface area contributed by atoms with Crippen LogP contribution in [-0.4, -0.2) is 32.3 Å². The molecule has 0 aliphatic carbocycles. The van der Waals surface area contributed by atoms with Gasteiger partial charge < -0.3 is 20.5 Å². The number of nitrogens with two attached hydrogens (primary N) is 1. The van der Waals surface area contributed by atoms with Gasteiger partial charge in [-0.05, 0) is 54.8 Å².